The standard InChI is InChI=1S/C21H24N2O3/c1-26-19-7-4-5-15(11-19)14-22-20-8-3-2-6-16(20)12-17-13-18(23(24)25)9-10-21(17)22/h4-5,7,9-11,13,16,20H,2-3,6,8,12,14H2,1H3/t16-,20-/m1/s1. The summed E-state index contributed by atoms with van der Waals surface area (Å²) in [4.78, 5) is 13.4. The van der Waals surface area contributed by atoms with Gasteiger partial charge in [-0.2, -0.15) is 0 Å². The predicted molar refractivity (Wildman–Crippen MR) is 102 cm³/mol. The molecule has 1 aliphatic heterocycles. The van der Waals surface area contributed by atoms with Gasteiger partial charge in [0.2, 0.25) is 0 Å². The highest BCUT2D eigenvalue weighted by Gasteiger charge is 2.36. The Hall–Kier alpha value is -2.56. The molecule has 26 heavy (non-hydrogen) atoms. The van der Waals surface area contributed by atoms with Crippen LogP contribution in [0.4, 0.5) is 11.4 Å². The smallest absolute Gasteiger partial charge is 0.269 e. The molecule has 2 aromatic rings. The fourth-order valence-electron chi connectivity index (χ4n) is 4.60. The van der Waals surface area contributed by atoms with Gasteiger partial charge in [-0.05, 0) is 54.5 Å². The van der Waals surface area contributed by atoms with Crippen molar-refractivity contribution in [2.24, 2.45) is 5.92 Å². The number of non-ortho nitro benzene ring substituents is 1. The Morgan fingerprint density at radius 1 is 1.19 bits per heavy atom. The van der Waals surface area contributed by atoms with E-state index in [1.54, 1.807) is 19.2 Å². The van der Waals surface area contributed by atoms with Crippen LogP contribution in [-0.2, 0) is 13.0 Å². The van der Waals surface area contributed by atoms with Crippen molar-refractivity contribution in [2.75, 3.05) is 12.0 Å². The zero-order chi connectivity index (χ0) is 18.1. The van der Waals surface area contributed by atoms with Crippen molar-refractivity contribution in [3.05, 3.63) is 63.7 Å². The number of ether oxygens (including phenoxy) is 1. The highest BCUT2D eigenvalue weighted by molar-refractivity contribution is 5.61. The maximum atomic E-state index is 11.2. The van der Waals surface area contributed by atoms with E-state index >= 15 is 0 Å². The first kappa shape index (κ1) is 16.9. The SMILES string of the molecule is COc1cccc(CN2c3ccc([N+](=O)[O-])cc3C[C@H]3CCCC[C@H]32)c1. The molecule has 5 nitrogen and oxygen atoms in total. The highest BCUT2D eigenvalue weighted by atomic mass is 16.6. The lowest BCUT2D eigenvalue weighted by Gasteiger charge is -2.46. The monoisotopic (exact) mass is 352 g/mol. The third kappa shape index (κ3) is 3.14. The number of fused-ring (bicyclic) bond motifs is 2. The first-order valence-corrected chi connectivity index (χ1v) is 9.32. The van der Waals surface area contributed by atoms with Gasteiger partial charge in [-0.1, -0.05) is 25.0 Å². The zero-order valence-corrected chi connectivity index (χ0v) is 15.1. The van der Waals surface area contributed by atoms with Crippen LogP contribution in [0.25, 0.3) is 0 Å². The Kier molecular flexibility index (Phi) is 4.53. The number of benzene rings is 2. The predicted octanol–water partition coefficient (Wildman–Crippen LogP) is 4.72. The van der Waals surface area contributed by atoms with Crippen LogP contribution in [0.5, 0.6) is 5.75 Å². The molecule has 0 bridgehead atoms. The number of hydrogen-bond donors (Lipinski definition) is 0. The molecule has 2 atom stereocenters. The molecule has 1 fully saturated rings. The molecule has 1 aliphatic carbocycles. The molecule has 0 N–H and O–H groups in total. The van der Waals surface area contributed by atoms with Crippen molar-refractivity contribution in [1.82, 2.24) is 0 Å². The van der Waals surface area contributed by atoms with Crippen LogP contribution in [0.15, 0.2) is 42.5 Å². The molecule has 0 amide bonds. The van der Waals surface area contributed by atoms with Gasteiger partial charge >= 0.3 is 0 Å². The molecule has 5 heteroatoms. The quantitative estimate of drug-likeness (QED) is 0.590. The van der Waals surface area contributed by atoms with E-state index in [1.807, 2.05) is 18.2 Å². The Morgan fingerprint density at radius 3 is 2.85 bits per heavy atom. The van der Waals surface area contributed by atoms with Crippen molar-refractivity contribution in [3.8, 4) is 5.75 Å². The Morgan fingerprint density at radius 2 is 2.04 bits per heavy atom. The minimum atomic E-state index is -0.292. The van der Waals surface area contributed by atoms with Crippen LogP contribution in [0.2, 0.25) is 0 Å². The highest BCUT2D eigenvalue weighted by Crippen LogP contribution is 2.42. The average molecular weight is 352 g/mol. The maximum Gasteiger partial charge on any atom is 0.269 e. The van der Waals surface area contributed by atoms with Crippen molar-refractivity contribution in [3.63, 3.8) is 0 Å². The van der Waals surface area contributed by atoms with Crippen LogP contribution in [0, 0.1) is 16.0 Å². The maximum absolute atomic E-state index is 11.2. The number of hydrogen-bond acceptors (Lipinski definition) is 4. The first-order chi connectivity index (χ1) is 12.7. The van der Waals surface area contributed by atoms with Crippen LogP contribution < -0.4 is 9.64 Å². The van der Waals surface area contributed by atoms with E-state index < -0.39 is 0 Å². The van der Waals surface area contributed by atoms with Gasteiger partial charge in [-0.3, -0.25) is 10.1 Å². The molecule has 0 spiro atoms. The minimum Gasteiger partial charge on any atom is -0.497 e. The molecule has 0 radical (unpaired) electrons. The van der Waals surface area contributed by atoms with Crippen molar-refractivity contribution in [2.45, 2.75) is 44.7 Å². The largest absolute Gasteiger partial charge is 0.497 e. The topological polar surface area (TPSA) is 55.6 Å². The fourth-order valence-corrected chi connectivity index (χ4v) is 4.60. The Bertz CT molecular complexity index is 821. The summed E-state index contributed by atoms with van der Waals surface area (Å²) < 4.78 is 5.37. The second-order valence-corrected chi connectivity index (χ2v) is 7.37. The first-order valence-electron chi connectivity index (χ1n) is 9.32. The van der Waals surface area contributed by atoms with Gasteiger partial charge in [0, 0.05) is 30.4 Å². The van der Waals surface area contributed by atoms with Crippen molar-refractivity contribution < 1.29 is 9.66 Å². The average Bonchev–Trinajstić information content (AvgIpc) is 2.67. The molecular weight excluding hydrogens is 328 g/mol. The van der Waals surface area contributed by atoms with Gasteiger partial charge in [-0.15, -0.1) is 0 Å². The zero-order valence-electron chi connectivity index (χ0n) is 15.1. The molecule has 2 aromatic carbocycles. The summed E-state index contributed by atoms with van der Waals surface area (Å²) in [6.07, 6.45) is 5.89. The molecule has 0 unspecified atom stereocenters. The minimum absolute atomic E-state index is 0.194. The van der Waals surface area contributed by atoms with Gasteiger partial charge in [0.05, 0.1) is 12.0 Å². The van der Waals surface area contributed by atoms with Crippen molar-refractivity contribution in [1.29, 1.82) is 0 Å². The number of nitrogens with zero attached hydrogens (tertiary/aromatic N) is 2. The van der Waals surface area contributed by atoms with E-state index in [0.717, 1.165) is 30.0 Å². The molecule has 0 saturated heterocycles. The van der Waals surface area contributed by atoms with E-state index in [0.29, 0.717) is 12.0 Å². The summed E-state index contributed by atoms with van der Waals surface area (Å²) >= 11 is 0. The van der Waals surface area contributed by atoms with Crippen molar-refractivity contribution >= 4 is 11.4 Å². The molecule has 2 aliphatic rings. The van der Waals surface area contributed by atoms with Crippen LogP contribution >= 0.6 is 0 Å². The lowest BCUT2D eigenvalue weighted by molar-refractivity contribution is -0.384. The second-order valence-electron chi connectivity index (χ2n) is 7.37. The lowest BCUT2D eigenvalue weighted by Crippen LogP contribution is -2.46. The lowest BCUT2D eigenvalue weighted by atomic mass is 9.76. The summed E-state index contributed by atoms with van der Waals surface area (Å²) in [6, 6.07) is 14.1. The normalized spacial score (nSPS) is 21.7. The van der Waals surface area contributed by atoms with Gasteiger partial charge in [-0.25, -0.2) is 0 Å². The van der Waals surface area contributed by atoms with Crippen LogP contribution in [-0.4, -0.2) is 18.1 Å². The third-order valence-corrected chi connectivity index (χ3v) is 5.82. The third-order valence-electron chi connectivity index (χ3n) is 5.82. The number of methoxy groups -OCH3 is 1. The van der Waals surface area contributed by atoms with E-state index in [2.05, 4.69) is 17.0 Å². The van der Waals surface area contributed by atoms with E-state index in [4.69, 9.17) is 4.74 Å². The number of anilines is 1. The Labute approximate surface area is 153 Å². The Balaban J connectivity index is 1.71. The van der Waals surface area contributed by atoms with Gasteiger partial charge < -0.3 is 9.64 Å². The summed E-state index contributed by atoms with van der Waals surface area (Å²) in [5.41, 5.74) is 3.67. The van der Waals surface area contributed by atoms with Gasteiger partial charge in [0.15, 0.2) is 0 Å². The number of nitro benzene ring substituents is 1. The number of nitro groups is 1. The molecule has 4 rings (SSSR count). The summed E-state index contributed by atoms with van der Waals surface area (Å²) in [5.74, 6) is 1.45. The summed E-state index contributed by atoms with van der Waals surface area (Å²) in [5, 5.41) is 11.2. The van der Waals surface area contributed by atoms with Gasteiger partial charge in [0.1, 0.15) is 5.75 Å². The molecule has 136 valence electrons. The van der Waals surface area contributed by atoms with E-state index in [1.165, 1.54) is 31.2 Å². The molecule has 1 heterocycles. The van der Waals surface area contributed by atoms with Gasteiger partial charge in [0.25, 0.3) is 5.69 Å². The van der Waals surface area contributed by atoms with E-state index in [-0.39, 0.29) is 10.6 Å². The number of rotatable bonds is 4. The molecule has 1 saturated carbocycles. The molecular formula is C21H24N2O3. The van der Waals surface area contributed by atoms with Crippen LogP contribution in [0.1, 0.15) is 36.8 Å². The van der Waals surface area contributed by atoms with Crippen LogP contribution in [0.3, 0.4) is 0 Å². The fraction of sp³-hybridized carbons (Fsp3) is 0.429. The summed E-state index contributed by atoms with van der Waals surface area (Å²) in [7, 11) is 1.69. The van der Waals surface area contributed by atoms with E-state index in [9.17, 15) is 10.1 Å². The second kappa shape index (κ2) is 6.98. The molecule has 0 aromatic heterocycles. The summed E-state index contributed by atoms with van der Waals surface area (Å²) in [6.45, 7) is 0.809.